The number of ether oxygens (including phenoxy) is 2. The Labute approximate surface area is 178 Å². The summed E-state index contributed by atoms with van der Waals surface area (Å²) < 4.78 is 37.5. The highest BCUT2D eigenvalue weighted by atomic mass is 35.5. The topological polar surface area (TPSA) is 99.5 Å². The SMILES string of the molecule is COc1cc(OC)c(NC(=O)c2nn(C)c3c2CS(=O)(=O)c2ccccc2-3)cc1Cl. The number of hydrogen-bond acceptors (Lipinski definition) is 6. The molecule has 0 aliphatic carbocycles. The molecule has 0 fully saturated rings. The van der Waals surface area contributed by atoms with Crippen molar-refractivity contribution >= 4 is 33.0 Å². The Morgan fingerprint density at radius 2 is 1.87 bits per heavy atom. The third kappa shape index (κ3) is 3.20. The molecule has 1 aliphatic heterocycles. The number of methoxy groups -OCH3 is 2. The third-order valence-corrected chi connectivity index (χ3v) is 6.88. The molecule has 156 valence electrons. The number of nitrogens with zero attached hydrogens (tertiary/aromatic N) is 2. The molecular weight excluding hydrogens is 430 g/mol. The van der Waals surface area contributed by atoms with Crippen molar-refractivity contribution in [1.82, 2.24) is 9.78 Å². The van der Waals surface area contributed by atoms with E-state index in [1.807, 2.05) is 0 Å². The molecule has 1 amide bonds. The van der Waals surface area contributed by atoms with Crippen LogP contribution in [0.3, 0.4) is 0 Å². The number of carbonyl (C=O) groups is 1. The van der Waals surface area contributed by atoms with Gasteiger partial charge < -0.3 is 14.8 Å². The van der Waals surface area contributed by atoms with Crippen LogP contribution in [-0.2, 0) is 22.6 Å². The molecule has 1 aromatic heterocycles. The number of benzene rings is 2. The van der Waals surface area contributed by atoms with E-state index >= 15 is 0 Å². The van der Waals surface area contributed by atoms with Crippen LogP contribution in [0.25, 0.3) is 11.3 Å². The molecule has 2 aromatic carbocycles. The molecule has 1 N–H and O–H groups in total. The van der Waals surface area contributed by atoms with E-state index in [0.29, 0.717) is 34.0 Å². The van der Waals surface area contributed by atoms with Crippen LogP contribution in [0.2, 0.25) is 5.02 Å². The van der Waals surface area contributed by atoms with E-state index in [1.54, 1.807) is 37.4 Å². The first-order valence-electron chi connectivity index (χ1n) is 8.87. The van der Waals surface area contributed by atoms with E-state index in [0.717, 1.165) is 0 Å². The Kier molecular flexibility index (Phi) is 4.95. The van der Waals surface area contributed by atoms with Crippen LogP contribution < -0.4 is 14.8 Å². The van der Waals surface area contributed by atoms with Crippen LogP contribution in [0.1, 0.15) is 16.1 Å². The summed E-state index contributed by atoms with van der Waals surface area (Å²) >= 11 is 6.17. The molecule has 0 atom stereocenters. The Balaban J connectivity index is 1.78. The number of aromatic nitrogens is 2. The van der Waals surface area contributed by atoms with Gasteiger partial charge in [0.1, 0.15) is 11.5 Å². The molecule has 3 aromatic rings. The average molecular weight is 448 g/mol. The highest BCUT2D eigenvalue weighted by Gasteiger charge is 2.35. The van der Waals surface area contributed by atoms with Gasteiger partial charge in [-0.05, 0) is 12.1 Å². The summed E-state index contributed by atoms with van der Waals surface area (Å²) in [5.74, 6) is -0.144. The smallest absolute Gasteiger partial charge is 0.276 e. The number of aryl methyl sites for hydroxylation is 1. The molecule has 1 aliphatic rings. The summed E-state index contributed by atoms with van der Waals surface area (Å²) in [6.07, 6.45) is 0. The standard InChI is InChI=1S/C20H18ClN3O5S/c1-24-19-11-6-4-5-7-17(11)30(26,27)10-12(19)18(23-24)20(25)22-14-8-13(21)15(28-2)9-16(14)29-3/h4-9H,10H2,1-3H3,(H,22,25). The minimum absolute atomic E-state index is 0.0274. The highest BCUT2D eigenvalue weighted by molar-refractivity contribution is 7.90. The molecule has 0 bridgehead atoms. The van der Waals surface area contributed by atoms with Crippen LogP contribution in [0, 0.1) is 0 Å². The van der Waals surface area contributed by atoms with Gasteiger partial charge in [0.25, 0.3) is 5.91 Å². The molecule has 0 saturated heterocycles. The van der Waals surface area contributed by atoms with E-state index in [9.17, 15) is 13.2 Å². The quantitative estimate of drug-likeness (QED) is 0.658. The molecule has 8 nitrogen and oxygen atoms in total. The van der Waals surface area contributed by atoms with Gasteiger partial charge in [0.05, 0.1) is 41.3 Å². The van der Waals surface area contributed by atoms with Gasteiger partial charge in [0.2, 0.25) is 0 Å². The Morgan fingerprint density at radius 3 is 2.57 bits per heavy atom. The second-order valence-corrected chi connectivity index (χ2v) is 9.06. The van der Waals surface area contributed by atoms with Crippen molar-refractivity contribution in [3.05, 3.63) is 52.7 Å². The Hall–Kier alpha value is -3.04. The molecule has 2 heterocycles. The predicted octanol–water partition coefficient (Wildman–Crippen LogP) is 3.30. The fourth-order valence-electron chi connectivity index (χ4n) is 3.56. The first kappa shape index (κ1) is 20.2. The lowest BCUT2D eigenvalue weighted by Crippen LogP contribution is -2.18. The third-order valence-electron chi connectivity index (χ3n) is 4.89. The number of anilines is 1. The lowest BCUT2D eigenvalue weighted by molar-refractivity contribution is 0.102. The van der Waals surface area contributed by atoms with Crippen LogP contribution in [0.5, 0.6) is 11.5 Å². The molecule has 30 heavy (non-hydrogen) atoms. The minimum Gasteiger partial charge on any atom is -0.495 e. The monoisotopic (exact) mass is 447 g/mol. The minimum atomic E-state index is -3.60. The fraction of sp³-hybridized carbons (Fsp3) is 0.200. The number of halogens is 1. The zero-order valence-corrected chi connectivity index (χ0v) is 18.0. The summed E-state index contributed by atoms with van der Waals surface area (Å²) in [5, 5.41) is 7.30. The van der Waals surface area contributed by atoms with Crippen molar-refractivity contribution in [1.29, 1.82) is 0 Å². The fourth-order valence-corrected chi connectivity index (χ4v) is 5.40. The molecule has 0 saturated carbocycles. The van der Waals surface area contributed by atoms with Crippen molar-refractivity contribution in [2.45, 2.75) is 10.6 Å². The molecule has 0 unspecified atom stereocenters. The maximum absolute atomic E-state index is 13.0. The van der Waals surface area contributed by atoms with E-state index in [1.165, 1.54) is 25.0 Å². The number of fused-ring (bicyclic) bond motifs is 3. The molecule has 0 radical (unpaired) electrons. The highest BCUT2D eigenvalue weighted by Crippen LogP contribution is 2.40. The van der Waals surface area contributed by atoms with Crippen molar-refractivity contribution in [3.8, 4) is 22.8 Å². The van der Waals surface area contributed by atoms with Crippen molar-refractivity contribution in [3.63, 3.8) is 0 Å². The van der Waals surface area contributed by atoms with E-state index in [4.69, 9.17) is 21.1 Å². The number of amides is 1. The summed E-state index contributed by atoms with van der Waals surface area (Å²) in [6, 6.07) is 9.74. The van der Waals surface area contributed by atoms with Gasteiger partial charge in [-0.1, -0.05) is 29.8 Å². The lowest BCUT2D eigenvalue weighted by Gasteiger charge is -2.18. The zero-order valence-electron chi connectivity index (χ0n) is 16.4. The Bertz CT molecular complexity index is 1280. The van der Waals surface area contributed by atoms with Crippen molar-refractivity contribution < 1.29 is 22.7 Å². The number of sulfone groups is 1. The van der Waals surface area contributed by atoms with Gasteiger partial charge >= 0.3 is 0 Å². The number of hydrogen-bond donors (Lipinski definition) is 1. The largest absolute Gasteiger partial charge is 0.495 e. The van der Waals surface area contributed by atoms with Crippen molar-refractivity contribution in [2.75, 3.05) is 19.5 Å². The van der Waals surface area contributed by atoms with Crippen LogP contribution in [0.15, 0.2) is 41.3 Å². The number of rotatable bonds is 4. The van der Waals surface area contributed by atoms with Crippen LogP contribution in [0.4, 0.5) is 5.69 Å². The van der Waals surface area contributed by atoms with Gasteiger partial charge in [-0.3, -0.25) is 9.48 Å². The first-order valence-corrected chi connectivity index (χ1v) is 10.9. The molecule has 4 rings (SSSR count). The number of nitrogens with one attached hydrogen (secondary N) is 1. The molecular formula is C20H18ClN3O5S. The van der Waals surface area contributed by atoms with E-state index < -0.39 is 15.7 Å². The van der Waals surface area contributed by atoms with Gasteiger partial charge in [-0.15, -0.1) is 0 Å². The van der Waals surface area contributed by atoms with Gasteiger partial charge in [-0.2, -0.15) is 5.10 Å². The maximum Gasteiger partial charge on any atom is 0.276 e. The van der Waals surface area contributed by atoms with Crippen LogP contribution >= 0.6 is 11.6 Å². The Morgan fingerprint density at radius 1 is 1.17 bits per heavy atom. The summed E-state index contributed by atoms with van der Waals surface area (Å²) in [6.45, 7) is 0. The van der Waals surface area contributed by atoms with Crippen LogP contribution in [-0.4, -0.2) is 38.3 Å². The molecule has 10 heteroatoms. The molecule has 0 spiro atoms. The second kappa shape index (κ2) is 7.33. The summed E-state index contributed by atoms with van der Waals surface area (Å²) in [4.78, 5) is 13.3. The zero-order chi connectivity index (χ0) is 21.6. The normalized spacial score (nSPS) is 13.9. The van der Waals surface area contributed by atoms with Gasteiger partial charge in [0.15, 0.2) is 15.5 Å². The lowest BCUT2D eigenvalue weighted by atomic mass is 10.1. The second-order valence-electron chi connectivity index (χ2n) is 6.70. The summed E-state index contributed by atoms with van der Waals surface area (Å²) in [5.41, 5.74) is 1.82. The first-order chi connectivity index (χ1) is 14.3. The maximum atomic E-state index is 13.0. The van der Waals surface area contributed by atoms with E-state index in [2.05, 4.69) is 10.4 Å². The van der Waals surface area contributed by atoms with Crippen molar-refractivity contribution in [2.24, 2.45) is 7.05 Å². The van der Waals surface area contributed by atoms with Gasteiger partial charge in [0, 0.05) is 24.2 Å². The number of carbonyl (C=O) groups excluding carboxylic acids is 1. The van der Waals surface area contributed by atoms with E-state index in [-0.39, 0.29) is 21.4 Å². The summed E-state index contributed by atoms with van der Waals surface area (Å²) in [7, 11) is 0.999. The van der Waals surface area contributed by atoms with Gasteiger partial charge in [-0.25, -0.2) is 8.42 Å². The average Bonchev–Trinajstić information content (AvgIpc) is 3.04. The predicted molar refractivity (Wildman–Crippen MR) is 112 cm³/mol.